The molecule has 0 aliphatic heterocycles. The minimum Gasteiger partial charge on any atom is -0.488 e. The quantitative estimate of drug-likeness (QED) is 0.728. The summed E-state index contributed by atoms with van der Waals surface area (Å²) < 4.78 is 6.14. The van der Waals surface area contributed by atoms with Crippen LogP contribution < -0.4 is 4.74 Å². The van der Waals surface area contributed by atoms with Crippen molar-refractivity contribution in [2.75, 3.05) is 6.61 Å². The number of aromatic nitrogens is 1. The molecule has 2 aromatic rings. The van der Waals surface area contributed by atoms with E-state index in [1.54, 1.807) is 12.4 Å². The van der Waals surface area contributed by atoms with E-state index in [2.05, 4.69) is 29.2 Å². The first-order chi connectivity index (χ1) is 13.1. The molecule has 2 fully saturated rings. The Balaban J connectivity index is 1.46. The number of nitrogens with zero attached hydrogens (tertiary/aromatic N) is 1. The fourth-order valence-corrected chi connectivity index (χ4v) is 3.96. The maximum atomic E-state index is 10.1. The number of aliphatic hydroxyl groups is 3. The van der Waals surface area contributed by atoms with Gasteiger partial charge in [0.25, 0.3) is 0 Å². The third-order valence-electron chi connectivity index (χ3n) is 5.77. The molecule has 0 saturated heterocycles. The molecule has 5 nitrogen and oxygen atoms in total. The van der Waals surface area contributed by atoms with Crippen LogP contribution in [0.2, 0.25) is 0 Å². The molecule has 0 radical (unpaired) electrons. The number of rotatable bonds is 6. The lowest BCUT2D eigenvalue weighted by molar-refractivity contribution is -0.0892. The molecule has 0 bridgehead atoms. The monoisotopic (exact) mass is 369 g/mol. The normalized spacial score (nSPS) is 28.1. The number of ether oxygens (including phenoxy) is 1. The van der Waals surface area contributed by atoms with Gasteiger partial charge in [-0.05, 0) is 42.4 Å². The van der Waals surface area contributed by atoms with Gasteiger partial charge >= 0.3 is 0 Å². The zero-order chi connectivity index (χ0) is 18.8. The van der Waals surface area contributed by atoms with Crippen LogP contribution in [0.15, 0.2) is 42.7 Å². The Kier molecular flexibility index (Phi) is 5.43. The van der Waals surface area contributed by atoms with Gasteiger partial charge in [0, 0.05) is 37.1 Å². The summed E-state index contributed by atoms with van der Waals surface area (Å²) in [7, 11) is 0. The molecule has 3 N–H and O–H groups in total. The second-order valence-electron chi connectivity index (χ2n) is 7.89. The highest BCUT2D eigenvalue weighted by Gasteiger charge is 2.36. The number of hydrogen-bond acceptors (Lipinski definition) is 5. The lowest BCUT2D eigenvalue weighted by atomic mass is 9.83. The predicted molar refractivity (Wildman–Crippen MR) is 102 cm³/mol. The largest absolute Gasteiger partial charge is 0.488 e. The molecule has 5 heteroatoms. The number of pyridine rings is 1. The molecule has 2 saturated carbocycles. The molecular weight excluding hydrogens is 342 g/mol. The Labute approximate surface area is 159 Å². The van der Waals surface area contributed by atoms with E-state index in [4.69, 9.17) is 4.74 Å². The molecule has 144 valence electrons. The van der Waals surface area contributed by atoms with Gasteiger partial charge in [-0.2, -0.15) is 0 Å². The molecule has 0 amide bonds. The standard InChI is InChI=1S/C22H27NO4/c24-13-18-10-19(11-20(25)22(18)26)27-21-12-23-8-7-17(21)9-14-1-3-15(4-2-14)16-5-6-16/h1-4,7-8,12,16,18-20,22,24-26H,5-6,9-11,13H2/t18-,19-,20-,22-/m1/s1. The Morgan fingerprint density at radius 2 is 1.81 bits per heavy atom. The molecular formula is C22H27NO4. The lowest BCUT2D eigenvalue weighted by Crippen LogP contribution is -2.46. The van der Waals surface area contributed by atoms with Crippen molar-refractivity contribution in [2.45, 2.75) is 56.3 Å². The van der Waals surface area contributed by atoms with E-state index < -0.39 is 12.2 Å². The summed E-state index contributed by atoms with van der Waals surface area (Å²) in [6, 6.07) is 10.8. The minimum atomic E-state index is -0.895. The SMILES string of the molecule is OC[C@H]1C[C@@H](Oc2cnccc2Cc2ccc(C3CC3)cc2)C[C@@H](O)[C@@H]1O. The topological polar surface area (TPSA) is 82.8 Å². The van der Waals surface area contributed by atoms with Crippen LogP contribution in [0, 0.1) is 5.92 Å². The summed E-state index contributed by atoms with van der Waals surface area (Å²) in [5.74, 6) is 1.09. The zero-order valence-electron chi connectivity index (χ0n) is 15.4. The highest BCUT2D eigenvalue weighted by atomic mass is 16.5. The van der Waals surface area contributed by atoms with E-state index in [1.165, 1.54) is 24.0 Å². The third kappa shape index (κ3) is 4.32. The van der Waals surface area contributed by atoms with E-state index in [9.17, 15) is 15.3 Å². The lowest BCUT2D eigenvalue weighted by Gasteiger charge is -2.36. The van der Waals surface area contributed by atoms with Crippen LogP contribution in [-0.2, 0) is 6.42 Å². The van der Waals surface area contributed by atoms with Crippen LogP contribution in [0.3, 0.4) is 0 Å². The smallest absolute Gasteiger partial charge is 0.141 e. The van der Waals surface area contributed by atoms with Crippen molar-refractivity contribution < 1.29 is 20.1 Å². The van der Waals surface area contributed by atoms with Crippen LogP contribution in [0.5, 0.6) is 5.75 Å². The van der Waals surface area contributed by atoms with Crippen molar-refractivity contribution in [3.05, 3.63) is 59.4 Å². The van der Waals surface area contributed by atoms with Crippen LogP contribution in [0.1, 0.15) is 48.3 Å². The molecule has 2 aliphatic carbocycles. The highest BCUT2D eigenvalue weighted by molar-refractivity contribution is 5.37. The summed E-state index contributed by atoms with van der Waals surface area (Å²) in [4.78, 5) is 4.18. The van der Waals surface area contributed by atoms with Crippen molar-refractivity contribution in [1.29, 1.82) is 0 Å². The summed E-state index contributed by atoms with van der Waals surface area (Å²) in [6.07, 6.45) is 5.67. The highest BCUT2D eigenvalue weighted by Crippen LogP contribution is 2.40. The van der Waals surface area contributed by atoms with E-state index in [0.717, 1.165) is 17.9 Å². The molecule has 0 unspecified atom stereocenters. The molecule has 27 heavy (non-hydrogen) atoms. The second-order valence-corrected chi connectivity index (χ2v) is 7.89. The summed E-state index contributed by atoms with van der Waals surface area (Å²) >= 11 is 0. The van der Waals surface area contributed by atoms with Crippen molar-refractivity contribution in [3.8, 4) is 5.75 Å². The van der Waals surface area contributed by atoms with Crippen LogP contribution in [-0.4, -0.2) is 45.2 Å². The van der Waals surface area contributed by atoms with Gasteiger partial charge in [0.05, 0.1) is 18.4 Å². The number of hydrogen-bond donors (Lipinski definition) is 3. The van der Waals surface area contributed by atoms with Crippen molar-refractivity contribution in [3.63, 3.8) is 0 Å². The Hall–Kier alpha value is -1.95. The van der Waals surface area contributed by atoms with Crippen LogP contribution in [0.4, 0.5) is 0 Å². The van der Waals surface area contributed by atoms with Gasteiger partial charge in [-0.3, -0.25) is 4.98 Å². The van der Waals surface area contributed by atoms with Crippen molar-refractivity contribution in [2.24, 2.45) is 5.92 Å². The van der Waals surface area contributed by atoms with E-state index in [1.807, 2.05) is 6.07 Å². The minimum absolute atomic E-state index is 0.161. The predicted octanol–water partition coefficient (Wildman–Crippen LogP) is 2.42. The maximum absolute atomic E-state index is 10.1. The third-order valence-corrected chi connectivity index (χ3v) is 5.77. The molecule has 4 atom stereocenters. The summed E-state index contributed by atoms with van der Waals surface area (Å²) in [5.41, 5.74) is 3.70. The molecule has 4 rings (SSSR count). The van der Waals surface area contributed by atoms with Gasteiger partial charge in [-0.1, -0.05) is 24.3 Å². The van der Waals surface area contributed by atoms with Gasteiger partial charge in [-0.15, -0.1) is 0 Å². The van der Waals surface area contributed by atoms with Gasteiger partial charge in [0.2, 0.25) is 0 Å². The van der Waals surface area contributed by atoms with E-state index in [-0.39, 0.29) is 18.6 Å². The molecule has 1 aromatic carbocycles. The summed E-state index contributed by atoms with van der Waals surface area (Å²) in [6.45, 7) is -0.161. The van der Waals surface area contributed by atoms with Crippen LogP contribution in [0.25, 0.3) is 0 Å². The maximum Gasteiger partial charge on any atom is 0.141 e. The molecule has 1 aromatic heterocycles. The van der Waals surface area contributed by atoms with Crippen molar-refractivity contribution in [1.82, 2.24) is 4.98 Å². The van der Waals surface area contributed by atoms with E-state index >= 15 is 0 Å². The average molecular weight is 369 g/mol. The first kappa shape index (κ1) is 18.4. The van der Waals surface area contributed by atoms with E-state index in [0.29, 0.717) is 18.6 Å². The zero-order valence-corrected chi connectivity index (χ0v) is 15.4. The fraction of sp³-hybridized carbons (Fsp3) is 0.500. The second kappa shape index (κ2) is 7.97. The van der Waals surface area contributed by atoms with Gasteiger partial charge in [0.15, 0.2) is 0 Å². The Morgan fingerprint density at radius 3 is 2.52 bits per heavy atom. The van der Waals surface area contributed by atoms with Gasteiger partial charge in [0.1, 0.15) is 11.9 Å². The summed E-state index contributed by atoms with van der Waals surface area (Å²) in [5, 5.41) is 29.4. The van der Waals surface area contributed by atoms with Gasteiger partial charge < -0.3 is 20.1 Å². The first-order valence-electron chi connectivity index (χ1n) is 9.79. The Morgan fingerprint density at radius 1 is 1.04 bits per heavy atom. The number of aliphatic hydroxyl groups excluding tert-OH is 3. The van der Waals surface area contributed by atoms with Gasteiger partial charge in [-0.25, -0.2) is 0 Å². The van der Waals surface area contributed by atoms with Crippen molar-refractivity contribution >= 4 is 0 Å². The molecule has 0 spiro atoms. The first-order valence-corrected chi connectivity index (χ1v) is 9.79. The molecule has 2 aliphatic rings. The van der Waals surface area contributed by atoms with Crippen LogP contribution >= 0.6 is 0 Å². The Bertz CT molecular complexity index is 759. The molecule has 1 heterocycles. The number of benzene rings is 1. The fourth-order valence-electron chi connectivity index (χ4n) is 3.96. The average Bonchev–Trinajstić information content (AvgIpc) is 3.52.